The molecule has 0 spiro atoms. The zero-order valence-corrected chi connectivity index (χ0v) is 7.90. The third-order valence-corrected chi connectivity index (χ3v) is 2.21. The lowest BCUT2D eigenvalue weighted by atomic mass is 10.1. The van der Waals surface area contributed by atoms with E-state index >= 15 is 0 Å². The molecule has 0 aromatic carbocycles. The second kappa shape index (κ2) is 3.78. The SMILES string of the molecule is CNCc1snnc1C(C)C. The van der Waals surface area contributed by atoms with Crippen LogP contribution in [0.5, 0.6) is 0 Å². The van der Waals surface area contributed by atoms with Gasteiger partial charge in [0.1, 0.15) is 0 Å². The first kappa shape index (κ1) is 8.62. The Labute approximate surface area is 71.0 Å². The summed E-state index contributed by atoms with van der Waals surface area (Å²) in [5, 5.41) is 7.16. The van der Waals surface area contributed by atoms with Gasteiger partial charge < -0.3 is 5.32 Å². The summed E-state index contributed by atoms with van der Waals surface area (Å²) in [6.45, 7) is 5.15. The summed E-state index contributed by atoms with van der Waals surface area (Å²) in [6.07, 6.45) is 0. The minimum Gasteiger partial charge on any atom is -0.315 e. The van der Waals surface area contributed by atoms with Gasteiger partial charge >= 0.3 is 0 Å². The molecule has 0 fully saturated rings. The molecule has 0 aliphatic carbocycles. The quantitative estimate of drug-likeness (QED) is 0.746. The summed E-state index contributed by atoms with van der Waals surface area (Å²) < 4.78 is 3.91. The van der Waals surface area contributed by atoms with E-state index in [-0.39, 0.29) is 0 Å². The fraction of sp³-hybridized carbons (Fsp3) is 0.714. The number of aromatic nitrogens is 2. The Morgan fingerprint density at radius 1 is 1.55 bits per heavy atom. The maximum Gasteiger partial charge on any atom is 0.0826 e. The highest BCUT2D eigenvalue weighted by Crippen LogP contribution is 2.18. The molecule has 4 heteroatoms. The van der Waals surface area contributed by atoms with E-state index in [2.05, 4.69) is 28.8 Å². The van der Waals surface area contributed by atoms with E-state index in [9.17, 15) is 0 Å². The third kappa shape index (κ3) is 1.97. The normalized spacial score (nSPS) is 10.9. The van der Waals surface area contributed by atoms with Crippen LogP contribution in [0.3, 0.4) is 0 Å². The molecule has 1 aromatic heterocycles. The molecule has 62 valence electrons. The molecule has 1 heterocycles. The van der Waals surface area contributed by atoms with Crippen LogP contribution in [0, 0.1) is 0 Å². The van der Waals surface area contributed by atoms with Crippen molar-refractivity contribution < 1.29 is 0 Å². The average molecular weight is 171 g/mol. The van der Waals surface area contributed by atoms with Crippen LogP contribution >= 0.6 is 11.5 Å². The summed E-state index contributed by atoms with van der Waals surface area (Å²) in [5.41, 5.74) is 1.13. The highest BCUT2D eigenvalue weighted by atomic mass is 32.1. The lowest BCUT2D eigenvalue weighted by Crippen LogP contribution is -2.06. The predicted octanol–water partition coefficient (Wildman–Crippen LogP) is 1.38. The van der Waals surface area contributed by atoms with Crippen LogP contribution < -0.4 is 5.32 Å². The number of nitrogens with one attached hydrogen (secondary N) is 1. The Kier molecular flexibility index (Phi) is 2.96. The summed E-state index contributed by atoms with van der Waals surface area (Å²) in [5.74, 6) is 0.483. The number of hydrogen-bond acceptors (Lipinski definition) is 4. The fourth-order valence-electron chi connectivity index (χ4n) is 0.937. The zero-order valence-electron chi connectivity index (χ0n) is 7.09. The van der Waals surface area contributed by atoms with Crippen LogP contribution in [0.4, 0.5) is 0 Å². The molecule has 0 aliphatic heterocycles. The molecule has 1 N–H and O–H groups in total. The Morgan fingerprint density at radius 2 is 2.27 bits per heavy atom. The monoisotopic (exact) mass is 171 g/mol. The van der Waals surface area contributed by atoms with Gasteiger partial charge in [0.15, 0.2) is 0 Å². The Bertz CT molecular complexity index is 219. The number of rotatable bonds is 3. The van der Waals surface area contributed by atoms with E-state index < -0.39 is 0 Å². The van der Waals surface area contributed by atoms with Crippen molar-refractivity contribution >= 4 is 11.5 Å². The van der Waals surface area contributed by atoms with Crippen molar-refractivity contribution in [2.45, 2.75) is 26.3 Å². The maximum atomic E-state index is 4.06. The predicted molar refractivity (Wildman–Crippen MR) is 46.8 cm³/mol. The van der Waals surface area contributed by atoms with Crippen molar-refractivity contribution in [2.24, 2.45) is 0 Å². The Balaban J connectivity index is 2.78. The van der Waals surface area contributed by atoms with Crippen LogP contribution in [0.25, 0.3) is 0 Å². The molecule has 0 amide bonds. The molecule has 1 aromatic rings. The topological polar surface area (TPSA) is 37.8 Å². The molecule has 0 saturated heterocycles. The van der Waals surface area contributed by atoms with Gasteiger partial charge in [-0.05, 0) is 24.5 Å². The van der Waals surface area contributed by atoms with Gasteiger partial charge in [0.05, 0.1) is 10.6 Å². The summed E-state index contributed by atoms with van der Waals surface area (Å²) in [6, 6.07) is 0. The van der Waals surface area contributed by atoms with Gasteiger partial charge in [-0.15, -0.1) is 5.10 Å². The molecule has 0 radical (unpaired) electrons. The smallest absolute Gasteiger partial charge is 0.0826 e. The van der Waals surface area contributed by atoms with Gasteiger partial charge in [-0.25, -0.2) is 0 Å². The third-order valence-electron chi connectivity index (χ3n) is 1.47. The Hall–Kier alpha value is -0.480. The summed E-state index contributed by atoms with van der Waals surface area (Å²) in [7, 11) is 1.93. The molecule has 11 heavy (non-hydrogen) atoms. The lowest BCUT2D eigenvalue weighted by Gasteiger charge is -2.01. The highest BCUT2D eigenvalue weighted by molar-refractivity contribution is 7.05. The molecule has 0 saturated carbocycles. The van der Waals surface area contributed by atoms with E-state index in [1.165, 1.54) is 16.4 Å². The van der Waals surface area contributed by atoms with Crippen LogP contribution in [0.1, 0.15) is 30.3 Å². The highest BCUT2D eigenvalue weighted by Gasteiger charge is 2.09. The molecule has 3 nitrogen and oxygen atoms in total. The van der Waals surface area contributed by atoms with Gasteiger partial charge in [0.2, 0.25) is 0 Å². The molecule has 0 unspecified atom stereocenters. The van der Waals surface area contributed by atoms with Gasteiger partial charge in [0, 0.05) is 6.54 Å². The molecule has 1 rings (SSSR count). The lowest BCUT2D eigenvalue weighted by molar-refractivity contribution is 0.762. The first-order valence-corrected chi connectivity index (χ1v) is 4.48. The molecule has 0 bridgehead atoms. The van der Waals surface area contributed by atoms with Gasteiger partial charge in [0.25, 0.3) is 0 Å². The van der Waals surface area contributed by atoms with E-state index in [1.807, 2.05) is 7.05 Å². The standard InChI is InChI=1S/C7H13N3S/c1-5(2)7-6(4-8-3)11-10-9-7/h5,8H,4H2,1-3H3. The van der Waals surface area contributed by atoms with Crippen LogP contribution in [-0.2, 0) is 6.54 Å². The Morgan fingerprint density at radius 3 is 2.82 bits per heavy atom. The molecule has 0 atom stereocenters. The van der Waals surface area contributed by atoms with Crippen LogP contribution in [0.15, 0.2) is 0 Å². The van der Waals surface area contributed by atoms with Gasteiger partial charge in [-0.2, -0.15) is 0 Å². The minimum atomic E-state index is 0.483. The fourth-order valence-corrected chi connectivity index (χ4v) is 1.74. The number of nitrogens with zero attached hydrogens (tertiary/aromatic N) is 2. The molecular formula is C7H13N3S. The molecular weight excluding hydrogens is 158 g/mol. The minimum absolute atomic E-state index is 0.483. The van der Waals surface area contributed by atoms with Crippen molar-refractivity contribution in [2.75, 3.05) is 7.05 Å². The second-order valence-electron chi connectivity index (χ2n) is 2.77. The average Bonchev–Trinajstić information content (AvgIpc) is 2.36. The van der Waals surface area contributed by atoms with E-state index in [0.29, 0.717) is 5.92 Å². The van der Waals surface area contributed by atoms with Crippen molar-refractivity contribution in [1.82, 2.24) is 14.9 Å². The summed E-state index contributed by atoms with van der Waals surface area (Å²) in [4.78, 5) is 1.25. The van der Waals surface area contributed by atoms with Crippen molar-refractivity contribution in [3.8, 4) is 0 Å². The maximum absolute atomic E-state index is 4.06. The van der Waals surface area contributed by atoms with E-state index in [0.717, 1.165) is 12.2 Å². The van der Waals surface area contributed by atoms with Crippen LogP contribution in [0.2, 0.25) is 0 Å². The van der Waals surface area contributed by atoms with Crippen molar-refractivity contribution in [3.05, 3.63) is 10.6 Å². The van der Waals surface area contributed by atoms with Gasteiger partial charge in [-0.3, -0.25) is 0 Å². The van der Waals surface area contributed by atoms with Crippen LogP contribution in [-0.4, -0.2) is 16.6 Å². The molecule has 0 aliphatic rings. The zero-order chi connectivity index (χ0) is 8.27. The largest absolute Gasteiger partial charge is 0.315 e. The first-order valence-electron chi connectivity index (χ1n) is 3.71. The van der Waals surface area contributed by atoms with E-state index in [1.54, 1.807) is 0 Å². The van der Waals surface area contributed by atoms with Crippen molar-refractivity contribution in [1.29, 1.82) is 0 Å². The number of hydrogen-bond donors (Lipinski definition) is 1. The van der Waals surface area contributed by atoms with Gasteiger partial charge in [-0.1, -0.05) is 18.3 Å². The van der Waals surface area contributed by atoms with Crippen molar-refractivity contribution in [3.63, 3.8) is 0 Å². The second-order valence-corrected chi connectivity index (χ2v) is 3.61. The summed E-state index contributed by atoms with van der Waals surface area (Å²) >= 11 is 1.48. The first-order chi connectivity index (χ1) is 5.25. The van der Waals surface area contributed by atoms with E-state index in [4.69, 9.17) is 0 Å².